The molecule has 2 heterocycles. The van der Waals surface area contributed by atoms with Gasteiger partial charge in [-0.25, -0.2) is 9.97 Å². The van der Waals surface area contributed by atoms with Gasteiger partial charge in [0.1, 0.15) is 18.5 Å². The van der Waals surface area contributed by atoms with Crippen molar-refractivity contribution in [3.63, 3.8) is 0 Å². The Hall–Kier alpha value is -2.43. The number of benzene rings is 1. The van der Waals surface area contributed by atoms with Crippen molar-refractivity contribution in [2.45, 2.75) is 84.2 Å². The predicted octanol–water partition coefficient (Wildman–Crippen LogP) is 6.16. The van der Waals surface area contributed by atoms with Crippen LogP contribution in [-0.2, 0) is 16.0 Å². The minimum absolute atomic E-state index is 0.0298. The number of unbranched alkanes of at least 4 members (excludes halogenated alkanes) is 5. The van der Waals surface area contributed by atoms with Gasteiger partial charge in [0.05, 0.1) is 5.92 Å². The summed E-state index contributed by atoms with van der Waals surface area (Å²) < 4.78 is 11.3. The number of esters is 1. The fourth-order valence-electron chi connectivity index (χ4n) is 4.04. The number of ether oxygens (including phenoxy) is 2. The summed E-state index contributed by atoms with van der Waals surface area (Å²) in [6.07, 6.45) is 15.2. The summed E-state index contributed by atoms with van der Waals surface area (Å²) in [6, 6.07) is 7.78. The fraction of sp³-hybridized carbons (Fsp3) is 0.577. The molecular weight excluding hydrogens is 388 g/mol. The summed E-state index contributed by atoms with van der Waals surface area (Å²) in [5, 5.41) is 0. The summed E-state index contributed by atoms with van der Waals surface area (Å²) in [6.45, 7) is 4.73. The maximum Gasteiger partial charge on any atom is 0.309 e. The van der Waals surface area contributed by atoms with E-state index in [4.69, 9.17) is 9.47 Å². The maximum atomic E-state index is 11.8. The van der Waals surface area contributed by atoms with Crippen molar-refractivity contribution in [2.75, 3.05) is 6.61 Å². The molecule has 5 nitrogen and oxygen atoms in total. The van der Waals surface area contributed by atoms with Crippen LogP contribution in [0, 0.1) is 5.92 Å². The van der Waals surface area contributed by atoms with Crippen molar-refractivity contribution in [1.82, 2.24) is 9.97 Å². The van der Waals surface area contributed by atoms with Crippen molar-refractivity contribution in [2.24, 2.45) is 5.92 Å². The first kappa shape index (κ1) is 23.2. The van der Waals surface area contributed by atoms with Crippen LogP contribution in [0.5, 0.6) is 5.75 Å². The Bertz CT molecular complexity index is 789. The maximum absolute atomic E-state index is 11.8. The van der Waals surface area contributed by atoms with Gasteiger partial charge in [-0.15, -0.1) is 0 Å². The van der Waals surface area contributed by atoms with E-state index in [0.29, 0.717) is 6.61 Å². The molecule has 0 bridgehead atoms. The highest BCUT2D eigenvalue weighted by Gasteiger charge is 2.33. The van der Waals surface area contributed by atoms with Crippen LogP contribution < -0.4 is 4.74 Å². The zero-order valence-electron chi connectivity index (χ0n) is 19.0. The third-order valence-electron chi connectivity index (χ3n) is 5.87. The minimum atomic E-state index is -0.147. The van der Waals surface area contributed by atoms with Gasteiger partial charge in [-0.1, -0.05) is 52.4 Å². The quantitative estimate of drug-likeness (QED) is 0.285. The molecule has 2 atom stereocenters. The second-order valence-corrected chi connectivity index (χ2v) is 8.55. The van der Waals surface area contributed by atoms with E-state index in [1.54, 1.807) is 0 Å². The van der Waals surface area contributed by atoms with Gasteiger partial charge in [0.25, 0.3) is 0 Å². The number of aryl methyl sites for hydroxylation is 1. The standard InChI is InChI=1S/C26H36N2O3/c1-3-5-6-7-8-9-11-20-17-27-25(28-18-20)21-12-14-23(15-13-21)30-19-24-16-22(10-4-2)26(29)31-24/h12-15,17-18,22,24H,3-11,16,19H2,1-2H3/t22-,24+/m1/s1. The lowest BCUT2D eigenvalue weighted by molar-refractivity contribution is -0.145. The SMILES string of the molecule is CCCCCCCCc1cnc(-c2ccc(OC[C@@H]3C[C@@H](CCC)C(=O)O3)cc2)nc1. The van der Waals surface area contributed by atoms with E-state index in [2.05, 4.69) is 23.8 Å². The molecule has 0 N–H and O–H groups in total. The largest absolute Gasteiger partial charge is 0.490 e. The third kappa shape index (κ3) is 7.34. The Morgan fingerprint density at radius 2 is 1.68 bits per heavy atom. The van der Waals surface area contributed by atoms with Crippen molar-refractivity contribution in [1.29, 1.82) is 0 Å². The molecule has 0 saturated carbocycles. The summed E-state index contributed by atoms with van der Waals surface area (Å²) in [7, 11) is 0. The number of aromatic nitrogens is 2. The highest BCUT2D eigenvalue weighted by atomic mass is 16.6. The normalized spacial score (nSPS) is 18.2. The van der Waals surface area contributed by atoms with E-state index in [9.17, 15) is 4.79 Å². The Kier molecular flexibility index (Phi) is 9.32. The smallest absolute Gasteiger partial charge is 0.309 e. The number of nitrogens with zero attached hydrogens (tertiary/aromatic N) is 2. The summed E-state index contributed by atoms with van der Waals surface area (Å²) in [4.78, 5) is 20.9. The molecule has 1 aromatic carbocycles. The van der Waals surface area contributed by atoms with Crippen LogP contribution in [0.3, 0.4) is 0 Å². The van der Waals surface area contributed by atoms with Crippen LogP contribution in [0.15, 0.2) is 36.7 Å². The molecule has 1 saturated heterocycles. The molecule has 1 aliphatic rings. The first-order valence-electron chi connectivity index (χ1n) is 11.9. The molecule has 0 unspecified atom stereocenters. The summed E-state index contributed by atoms with van der Waals surface area (Å²) in [5.74, 6) is 1.44. The third-order valence-corrected chi connectivity index (χ3v) is 5.87. The van der Waals surface area contributed by atoms with Gasteiger partial charge in [-0.3, -0.25) is 4.79 Å². The van der Waals surface area contributed by atoms with Gasteiger partial charge in [-0.05, 0) is 49.1 Å². The Labute approximate surface area is 186 Å². The van der Waals surface area contributed by atoms with Crippen molar-refractivity contribution in [3.05, 3.63) is 42.2 Å². The average Bonchev–Trinajstić information content (AvgIpc) is 3.15. The van der Waals surface area contributed by atoms with Gasteiger partial charge in [0.15, 0.2) is 5.82 Å². The molecule has 0 radical (unpaired) electrons. The Morgan fingerprint density at radius 3 is 2.39 bits per heavy atom. The van der Waals surface area contributed by atoms with Crippen molar-refractivity contribution >= 4 is 5.97 Å². The monoisotopic (exact) mass is 424 g/mol. The molecule has 0 aliphatic carbocycles. The van der Waals surface area contributed by atoms with Gasteiger partial charge in [-0.2, -0.15) is 0 Å². The number of hydrogen-bond acceptors (Lipinski definition) is 5. The van der Waals surface area contributed by atoms with Gasteiger partial charge in [0.2, 0.25) is 0 Å². The van der Waals surface area contributed by atoms with E-state index in [1.165, 1.54) is 44.1 Å². The van der Waals surface area contributed by atoms with Crippen LogP contribution >= 0.6 is 0 Å². The first-order chi connectivity index (χ1) is 15.2. The second kappa shape index (κ2) is 12.4. The van der Waals surface area contributed by atoms with Crippen LogP contribution in [0.1, 0.15) is 77.2 Å². The van der Waals surface area contributed by atoms with Crippen molar-refractivity contribution < 1.29 is 14.3 Å². The number of carbonyl (C=O) groups excluding carboxylic acids is 1. The molecule has 2 aromatic rings. The fourth-order valence-corrected chi connectivity index (χ4v) is 4.04. The molecule has 1 aromatic heterocycles. The Balaban J connectivity index is 1.43. The molecule has 168 valence electrons. The highest BCUT2D eigenvalue weighted by molar-refractivity contribution is 5.74. The van der Waals surface area contributed by atoms with E-state index < -0.39 is 0 Å². The zero-order valence-corrected chi connectivity index (χ0v) is 19.0. The summed E-state index contributed by atoms with van der Waals surface area (Å²) >= 11 is 0. The number of carbonyl (C=O) groups is 1. The molecular formula is C26H36N2O3. The van der Waals surface area contributed by atoms with Gasteiger partial charge in [0, 0.05) is 24.4 Å². The van der Waals surface area contributed by atoms with Gasteiger partial charge < -0.3 is 9.47 Å². The van der Waals surface area contributed by atoms with Crippen LogP contribution in [0.4, 0.5) is 0 Å². The number of cyclic esters (lactones) is 1. The molecule has 0 amide bonds. The molecule has 5 heteroatoms. The first-order valence-corrected chi connectivity index (χ1v) is 11.9. The lowest BCUT2D eigenvalue weighted by atomic mass is 10.0. The van der Waals surface area contributed by atoms with Crippen LogP contribution in [-0.4, -0.2) is 28.6 Å². The van der Waals surface area contributed by atoms with Crippen LogP contribution in [0.2, 0.25) is 0 Å². The summed E-state index contributed by atoms with van der Waals surface area (Å²) in [5.41, 5.74) is 2.17. The number of rotatable bonds is 13. The predicted molar refractivity (Wildman–Crippen MR) is 123 cm³/mol. The minimum Gasteiger partial charge on any atom is -0.490 e. The van der Waals surface area contributed by atoms with E-state index in [0.717, 1.165) is 42.8 Å². The van der Waals surface area contributed by atoms with Gasteiger partial charge >= 0.3 is 5.97 Å². The van der Waals surface area contributed by atoms with Crippen LogP contribution in [0.25, 0.3) is 11.4 Å². The molecule has 0 spiro atoms. The lowest BCUT2D eigenvalue weighted by Crippen LogP contribution is -2.17. The number of hydrogen-bond donors (Lipinski definition) is 0. The lowest BCUT2D eigenvalue weighted by Gasteiger charge is -2.11. The van der Waals surface area contributed by atoms with E-state index >= 15 is 0 Å². The van der Waals surface area contributed by atoms with E-state index in [-0.39, 0.29) is 18.0 Å². The van der Waals surface area contributed by atoms with E-state index in [1.807, 2.05) is 36.7 Å². The zero-order chi connectivity index (χ0) is 21.9. The highest BCUT2D eigenvalue weighted by Crippen LogP contribution is 2.26. The molecule has 1 aliphatic heterocycles. The molecule has 3 rings (SSSR count). The Morgan fingerprint density at radius 1 is 0.968 bits per heavy atom. The van der Waals surface area contributed by atoms with Crippen molar-refractivity contribution in [3.8, 4) is 17.1 Å². The average molecular weight is 425 g/mol. The molecule has 1 fully saturated rings. The second-order valence-electron chi connectivity index (χ2n) is 8.55. The molecule has 31 heavy (non-hydrogen) atoms. The topological polar surface area (TPSA) is 61.3 Å².